The van der Waals surface area contributed by atoms with Gasteiger partial charge in [0.2, 0.25) is 0 Å². The Labute approximate surface area is 101 Å². The fourth-order valence-corrected chi connectivity index (χ4v) is 1.74. The molecule has 6 heteroatoms. The van der Waals surface area contributed by atoms with Crippen molar-refractivity contribution in [2.24, 2.45) is 5.73 Å². The molecule has 0 spiro atoms. The van der Waals surface area contributed by atoms with Crippen molar-refractivity contribution in [1.29, 1.82) is 0 Å². The molecule has 0 saturated heterocycles. The molecule has 86 valence electrons. The van der Waals surface area contributed by atoms with Crippen LogP contribution in [0.5, 0.6) is 5.75 Å². The number of phenols is 1. The van der Waals surface area contributed by atoms with E-state index >= 15 is 0 Å². The summed E-state index contributed by atoms with van der Waals surface area (Å²) in [4.78, 5) is 0. The smallest absolute Gasteiger partial charge is 0.257 e. The molecule has 0 aliphatic heterocycles. The van der Waals surface area contributed by atoms with Crippen LogP contribution in [-0.2, 0) is 0 Å². The number of hydrogen-bond acceptors (Lipinski definition) is 2. The number of phenolic OH excluding ortho intramolecular Hbond substituents is 1. The monoisotopic (exact) mass is 301 g/mol. The Morgan fingerprint density at radius 1 is 1.40 bits per heavy atom. The second kappa shape index (κ2) is 5.63. The third kappa shape index (κ3) is 3.29. The third-order valence-corrected chi connectivity index (χ3v) is 2.38. The molecule has 0 aromatic heterocycles. The molecule has 1 aromatic carbocycles. The molecule has 0 heterocycles. The van der Waals surface area contributed by atoms with Crippen LogP contribution < -0.4 is 5.73 Å². The summed E-state index contributed by atoms with van der Waals surface area (Å²) >= 11 is 3.15. The van der Waals surface area contributed by atoms with Crippen molar-refractivity contribution in [2.45, 2.75) is 19.4 Å². The number of hydrogen-bond donors (Lipinski definition) is 2. The quantitative estimate of drug-likeness (QED) is 0.881. The van der Waals surface area contributed by atoms with Gasteiger partial charge in [0.25, 0.3) is 6.43 Å². The lowest BCUT2D eigenvalue weighted by atomic mass is 10.0. The topological polar surface area (TPSA) is 46.2 Å². The maximum atomic E-state index is 12.3. The highest BCUT2D eigenvalue weighted by Crippen LogP contribution is 2.32. The van der Waals surface area contributed by atoms with Crippen LogP contribution in [0.4, 0.5) is 8.78 Å². The molecule has 1 atom stereocenters. The molecule has 0 aliphatic rings. The van der Waals surface area contributed by atoms with E-state index in [1.165, 1.54) is 6.07 Å². The van der Waals surface area contributed by atoms with Crippen LogP contribution in [0.3, 0.4) is 0 Å². The molecule has 0 radical (unpaired) electrons. The standard InChI is InChI=1S/C9H10BrF2NO.ClH/c1-4-2-5(10)3-6(8(4)14)7(13)9(11)12;/h2-3,7,9,14H,13H2,1H3;1H/t7-;/m0./s1. The zero-order chi connectivity index (χ0) is 10.9. The van der Waals surface area contributed by atoms with Crippen molar-refractivity contribution in [2.75, 3.05) is 0 Å². The van der Waals surface area contributed by atoms with E-state index in [1.807, 2.05) is 0 Å². The number of nitrogens with two attached hydrogens (primary N) is 1. The summed E-state index contributed by atoms with van der Waals surface area (Å²) in [6.45, 7) is 1.63. The van der Waals surface area contributed by atoms with Crippen LogP contribution in [0.1, 0.15) is 17.2 Å². The van der Waals surface area contributed by atoms with Gasteiger partial charge < -0.3 is 10.8 Å². The van der Waals surface area contributed by atoms with Crippen LogP contribution >= 0.6 is 28.3 Å². The first-order valence-electron chi connectivity index (χ1n) is 3.96. The van der Waals surface area contributed by atoms with Crippen LogP contribution in [0.2, 0.25) is 0 Å². The van der Waals surface area contributed by atoms with E-state index in [0.717, 1.165) is 0 Å². The zero-order valence-electron chi connectivity index (χ0n) is 7.88. The van der Waals surface area contributed by atoms with Gasteiger partial charge in [-0.1, -0.05) is 15.9 Å². The van der Waals surface area contributed by atoms with Gasteiger partial charge in [-0.2, -0.15) is 0 Å². The predicted molar refractivity (Wildman–Crippen MR) is 60.7 cm³/mol. The van der Waals surface area contributed by atoms with E-state index in [4.69, 9.17) is 5.73 Å². The Hall–Kier alpha value is -0.390. The van der Waals surface area contributed by atoms with Gasteiger partial charge in [0.15, 0.2) is 0 Å². The molecule has 15 heavy (non-hydrogen) atoms. The number of aromatic hydroxyl groups is 1. The molecule has 0 fully saturated rings. The highest BCUT2D eigenvalue weighted by Gasteiger charge is 2.21. The second-order valence-corrected chi connectivity index (χ2v) is 3.94. The Morgan fingerprint density at radius 2 is 1.93 bits per heavy atom. The summed E-state index contributed by atoms with van der Waals surface area (Å²) in [5.74, 6) is -0.166. The zero-order valence-corrected chi connectivity index (χ0v) is 10.3. The first kappa shape index (κ1) is 14.6. The van der Waals surface area contributed by atoms with Gasteiger partial charge in [-0.15, -0.1) is 12.4 Å². The maximum Gasteiger partial charge on any atom is 0.257 e. The van der Waals surface area contributed by atoms with E-state index in [2.05, 4.69) is 15.9 Å². The number of alkyl halides is 2. The molecule has 1 rings (SSSR count). The SMILES string of the molecule is Cc1cc(Br)cc([C@H](N)C(F)F)c1O.Cl. The Morgan fingerprint density at radius 3 is 2.40 bits per heavy atom. The van der Waals surface area contributed by atoms with Gasteiger partial charge in [0.1, 0.15) is 5.75 Å². The van der Waals surface area contributed by atoms with Gasteiger partial charge in [0.05, 0.1) is 6.04 Å². The van der Waals surface area contributed by atoms with Gasteiger partial charge in [-0.05, 0) is 24.6 Å². The van der Waals surface area contributed by atoms with E-state index in [9.17, 15) is 13.9 Å². The number of aryl methyl sites for hydroxylation is 1. The summed E-state index contributed by atoms with van der Waals surface area (Å²) < 4.78 is 25.2. The highest BCUT2D eigenvalue weighted by atomic mass is 79.9. The first-order chi connectivity index (χ1) is 6.43. The Kier molecular flexibility index (Phi) is 5.48. The van der Waals surface area contributed by atoms with E-state index in [-0.39, 0.29) is 23.7 Å². The van der Waals surface area contributed by atoms with Gasteiger partial charge in [0, 0.05) is 10.0 Å². The molecule has 0 unspecified atom stereocenters. The summed E-state index contributed by atoms with van der Waals surface area (Å²) in [5.41, 5.74) is 5.83. The third-order valence-electron chi connectivity index (χ3n) is 1.93. The molecule has 1 aromatic rings. The number of halogens is 4. The lowest BCUT2D eigenvalue weighted by molar-refractivity contribution is 0.115. The summed E-state index contributed by atoms with van der Waals surface area (Å²) in [6, 6.07) is 1.59. The molecule has 2 nitrogen and oxygen atoms in total. The maximum absolute atomic E-state index is 12.3. The predicted octanol–water partition coefficient (Wildman–Crippen LogP) is 3.15. The van der Waals surface area contributed by atoms with Gasteiger partial charge >= 0.3 is 0 Å². The normalized spacial score (nSPS) is 12.4. The van der Waals surface area contributed by atoms with Crippen molar-refractivity contribution < 1.29 is 13.9 Å². The van der Waals surface area contributed by atoms with Crippen LogP contribution in [-0.4, -0.2) is 11.5 Å². The van der Waals surface area contributed by atoms with Crippen LogP contribution in [0, 0.1) is 6.92 Å². The summed E-state index contributed by atoms with van der Waals surface area (Å²) in [5, 5.41) is 9.51. The first-order valence-corrected chi connectivity index (χ1v) is 4.75. The van der Waals surface area contributed by atoms with Gasteiger partial charge in [-0.25, -0.2) is 8.78 Å². The van der Waals surface area contributed by atoms with Crippen molar-refractivity contribution in [3.8, 4) is 5.75 Å². The van der Waals surface area contributed by atoms with Crippen LogP contribution in [0.15, 0.2) is 16.6 Å². The van der Waals surface area contributed by atoms with Gasteiger partial charge in [-0.3, -0.25) is 0 Å². The van der Waals surface area contributed by atoms with Crippen molar-refractivity contribution in [1.82, 2.24) is 0 Å². The molecule has 0 bridgehead atoms. The average molecular weight is 303 g/mol. The largest absolute Gasteiger partial charge is 0.507 e. The van der Waals surface area contributed by atoms with Crippen molar-refractivity contribution >= 4 is 28.3 Å². The van der Waals surface area contributed by atoms with Crippen LogP contribution in [0.25, 0.3) is 0 Å². The fraction of sp³-hybridized carbons (Fsp3) is 0.333. The summed E-state index contributed by atoms with van der Waals surface area (Å²) in [6.07, 6.45) is -2.69. The minimum absolute atomic E-state index is 0. The van der Waals surface area contributed by atoms with Crippen molar-refractivity contribution in [3.05, 3.63) is 27.7 Å². The molecular weight excluding hydrogens is 291 g/mol. The summed E-state index contributed by atoms with van der Waals surface area (Å²) in [7, 11) is 0. The fourth-order valence-electron chi connectivity index (χ4n) is 1.15. The van der Waals surface area contributed by atoms with E-state index in [1.54, 1.807) is 13.0 Å². The Balaban J connectivity index is 0.00000196. The number of rotatable bonds is 2. The second-order valence-electron chi connectivity index (χ2n) is 3.02. The molecular formula is C9H11BrClF2NO. The number of benzene rings is 1. The van der Waals surface area contributed by atoms with Crippen molar-refractivity contribution in [3.63, 3.8) is 0 Å². The lowest BCUT2D eigenvalue weighted by Gasteiger charge is -2.14. The average Bonchev–Trinajstić information content (AvgIpc) is 2.09. The van der Waals surface area contributed by atoms with E-state index in [0.29, 0.717) is 10.0 Å². The molecule has 0 amide bonds. The highest BCUT2D eigenvalue weighted by molar-refractivity contribution is 9.10. The molecule has 3 N–H and O–H groups in total. The minimum Gasteiger partial charge on any atom is -0.507 e. The minimum atomic E-state index is -2.69. The lowest BCUT2D eigenvalue weighted by Crippen LogP contribution is -2.19. The molecule has 0 aliphatic carbocycles. The molecule has 0 saturated carbocycles. The Bertz CT molecular complexity index is 349. The van der Waals surface area contributed by atoms with E-state index < -0.39 is 12.5 Å².